The van der Waals surface area contributed by atoms with E-state index in [1.165, 1.54) is 0 Å². The Bertz CT molecular complexity index is 688. The molecule has 0 aliphatic carbocycles. The van der Waals surface area contributed by atoms with Crippen molar-refractivity contribution in [3.05, 3.63) is 30.1 Å². The Hall–Kier alpha value is -2.22. The van der Waals surface area contributed by atoms with E-state index in [0.717, 1.165) is 11.8 Å². The molecule has 0 fully saturated rings. The molecule has 0 N–H and O–H groups in total. The summed E-state index contributed by atoms with van der Waals surface area (Å²) in [5, 5.41) is 19.3. The number of carbonyl (C=O) groups is 1. The zero-order valence-electron chi connectivity index (χ0n) is 11.9. The van der Waals surface area contributed by atoms with Crippen molar-refractivity contribution in [2.45, 2.75) is 24.7 Å². The highest BCUT2D eigenvalue weighted by molar-refractivity contribution is 7.99. The summed E-state index contributed by atoms with van der Waals surface area (Å²) < 4.78 is 13.4. The molecule has 0 spiro atoms. The van der Waals surface area contributed by atoms with Crippen LogP contribution in [0.25, 0.3) is 0 Å². The molecule has 1 atom stereocenters. The van der Waals surface area contributed by atoms with Crippen LogP contribution in [0.5, 0.6) is 11.5 Å². The van der Waals surface area contributed by atoms with Gasteiger partial charge in [-0.05, 0) is 19.1 Å². The van der Waals surface area contributed by atoms with Crippen LogP contribution in [0.2, 0.25) is 0 Å². The molecule has 1 aromatic heterocycles. The van der Waals surface area contributed by atoms with E-state index < -0.39 is 5.97 Å². The Morgan fingerprint density at radius 1 is 1.41 bits per heavy atom. The number of rotatable bonds is 5. The normalized spacial score (nSPS) is 16.5. The smallest absolute Gasteiger partial charge is 0.192 e. The van der Waals surface area contributed by atoms with Gasteiger partial charge in [-0.3, -0.25) is 0 Å². The van der Waals surface area contributed by atoms with Gasteiger partial charge in [-0.1, -0.05) is 23.9 Å². The van der Waals surface area contributed by atoms with Crippen LogP contribution < -0.4 is 14.6 Å². The molecule has 0 saturated heterocycles. The van der Waals surface area contributed by atoms with E-state index in [1.54, 1.807) is 0 Å². The number of carboxylic acid groups (broad SMARTS) is 1. The number of fused-ring (bicyclic) bond motifs is 1. The van der Waals surface area contributed by atoms with Gasteiger partial charge in [0.25, 0.3) is 0 Å². The van der Waals surface area contributed by atoms with Gasteiger partial charge in [-0.2, -0.15) is 0 Å². The van der Waals surface area contributed by atoms with Gasteiger partial charge in [0.1, 0.15) is 6.61 Å². The number of hydrogen-bond acceptors (Lipinski definition) is 7. The molecule has 8 heteroatoms. The molecule has 2 heterocycles. The highest BCUT2D eigenvalue weighted by Gasteiger charge is 2.28. The number of para-hydroxylation sites is 2. The average molecular weight is 320 g/mol. The molecule has 7 nitrogen and oxygen atoms in total. The number of ether oxygens (including phenoxy) is 2. The Balaban J connectivity index is 1.82. The largest absolute Gasteiger partial charge is 0.549 e. The summed E-state index contributed by atoms with van der Waals surface area (Å²) in [5.74, 6) is 0.686. The Kier molecular flexibility index (Phi) is 4.19. The number of nitrogens with zero attached hydrogens (tertiary/aromatic N) is 3. The molecule has 2 aromatic rings. The van der Waals surface area contributed by atoms with Gasteiger partial charge in [0, 0.05) is 12.3 Å². The Labute approximate surface area is 131 Å². The fourth-order valence-corrected chi connectivity index (χ4v) is 2.94. The maximum Gasteiger partial charge on any atom is 0.192 e. The van der Waals surface area contributed by atoms with Crippen LogP contribution in [-0.2, 0) is 11.3 Å². The summed E-state index contributed by atoms with van der Waals surface area (Å²) in [5.41, 5.74) is 0. The third kappa shape index (κ3) is 2.87. The van der Waals surface area contributed by atoms with Crippen LogP contribution in [-0.4, -0.2) is 33.1 Å². The summed E-state index contributed by atoms with van der Waals surface area (Å²) >= 11 is 1.08. The van der Waals surface area contributed by atoms with Crippen LogP contribution in [0.3, 0.4) is 0 Å². The molecule has 3 rings (SSSR count). The van der Waals surface area contributed by atoms with E-state index in [9.17, 15) is 9.90 Å². The maximum absolute atomic E-state index is 10.6. The van der Waals surface area contributed by atoms with Crippen molar-refractivity contribution >= 4 is 17.7 Å². The van der Waals surface area contributed by atoms with Crippen molar-refractivity contribution in [2.24, 2.45) is 0 Å². The first-order valence-electron chi connectivity index (χ1n) is 6.83. The molecule has 0 amide bonds. The fourth-order valence-electron chi connectivity index (χ4n) is 2.21. The van der Waals surface area contributed by atoms with Gasteiger partial charge in [-0.25, -0.2) is 0 Å². The van der Waals surface area contributed by atoms with Crippen LogP contribution in [0.15, 0.2) is 29.4 Å². The minimum Gasteiger partial charge on any atom is -0.549 e. The molecule has 22 heavy (non-hydrogen) atoms. The summed E-state index contributed by atoms with van der Waals surface area (Å²) in [7, 11) is 0. The van der Waals surface area contributed by atoms with E-state index >= 15 is 0 Å². The van der Waals surface area contributed by atoms with E-state index in [0.29, 0.717) is 35.6 Å². The summed E-state index contributed by atoms with van der Waals surface area (Å²) in [6.07, 6.45) is -0.375. The predicted octanol–water partition coefficient (Wildman–Crippen LogP) is 0.652. The fraction of sp³-hybridized carbons (Fsp3) is 0.357. The van der Waals surface area contributed by atoms with Gasteiger partial charge >= 0.3 is 0 Å². The van der Waals surface area contributed by atoms with E-state index in [4.69, 9.17) is 9.47 Å². The topological polar surface area (TPSA) is 89.3 Å². The minimum atomic E-state index is -1.14. The second-order valence-electron chi connectivity index (χ2n) is 4.61. The van der Waals surface area contributed by atoms with Crippen LogP contribution in [0, 0.1) is 0 Å². The van der Waals surface area contributed by atoms with Gasteiger partial charge in [0.15, 0.2) is 28.6 Å². The molecule has 1 aromatic carbocycles. The molecular formula is C14H14N3O4S-. The second kappa shape index (κ2) is 6.27. The molecule has 1 unspecified atom stereocenters. The SMILES string of the molecule is CCn1c(SCC(=O)[O-])nnc1C1COc2ccccc2O1. The first kappa shape index (κ1) is 14.7. The van der Waals surface area contributed by atoms with Gasteiger partial charge < -0.3 is 23.9 Å². The lowest BCUT2D eigenvalue weighted by Crippen LogP contribution is -2.25. The predicted molar refractivity (Wildman–Crippen MR) is 76.7 cm³/mol. The van der Waals surface area contributed by atoms with E-state index in [2.05, 4.69) is 10.2 Å². The van der Waals surface area contributed by atoms with Crippen molar-refractivity contribution < 1.29 is 19.4 Å². The number of thioether (sulfide) groups is 1. The standard InChI is InChI=1S/C14H15N3O4S/c1-2-17-13(15-16-14(17)22-8-12(18)19)11-7-20-9-5-3-4-6-10(9)21-11/h3-6,11H,2,7-8H2,1H3,(H,18,19)/p-1. The Morgan fingerprint density at radius 2 is 2.18 bits per heavy atom. The molecule has 0 saturated carbocycles. The lowest BCUT2D eigenvalue weighted by atomic mass is 10.2. The number of benzene rings is 1. The van der Waals surface area contributed by atoms with Crippen LogP contribution >= 0.6 is 11.8 Å². The summed E-state index contributed by atoms with van der Waals surface area (Å²) in [6.45, 7) is 2.88. The highest BCUT2D eigenvalue weighted by Crippen LogP contribution is 2.35. The number of hydrogen-bond donors (Lipinski definition) is 0. The summed E-state index contributed by atoms with van der Waals surface area (Å²) in [6, 6.07) is 7.43. The second-order valence-corrected chi connectivity index (χ2v) is 5.55. The average Bonchev–Trinajstić information content (AvgIpc) is 2.95. The molecule has 1 aliphatic heterocycles. The monoisotopic (exact) mass is 320 g/mol. The van der Waals surface area contributed by atoms with Crippen molar-refractivity contribution in [1.29, 1.82) is 0 Å². The lowest BCUT2D eigenvalue weighted by Gasteiger charge is -2.26. The number of aromatic nitrogens is 3. The number of carbonyl (C=O) groups excluding carboxylic acids is 1. The first-order chi connectivity index (χ1) is 10.7. The van der Waals surface area contributed by atoms with E-state index in [-0.39, 0.29) is 11.9 Å². The quantitative estimate of drug-likeness (QED) is 0.747. The third-order valence-electron chi connectivity index (χ3n) is 3.18. The Morgan fingerprint density at radius 3 is 2.91 bits per heavy atom. The molecule has 116 valence electrons. The third-order valence-corrected chi connectivity index (χ3v) is 4.12. The number of aliphatic carboxylic acids is 1. The van der Waals surface area contributed by atoms with E-state index in [1.807, 2.05) is 35.8 Å². The molecule has 0 bridgehead atoms. The first-order valence-corrected chi connectivity index (χ1v) is 7.81. The zero-order valence-corrected chi connectivity index (χ0v) is 12.7. The van der Waals surface area contributed by atoms with Crippen molar-refractivity contribution in [2.75, 3.05) is 12.4 Å². The summed E-state index contributed by atoms with van der Waals surface area (Å²) in [4.78, 5) is 10.6. The number of carboxylic acids is 1. The van der Waals surface area contributed by atoms with Crippen LogP contribution in [0.1, 0.15) is 18.9 Å². The van der Waals surface area contributed by atoms with Crippen molar-refractivity contribution in [3.63, 3.8) is 0 Å². The molecular weight excluding hydrogens is 306 g/mol. The van der Waals surface area contributed by atoms with Crippen molar-refractivity contribution in [3.8, 4) is 11.5 Å². The molecule has 1 aliphatic rings. The van der Waals surface area contributed by atoms with Crippen molar-refractivity contribution in [1.82, 2.24) is 14.8 Å². The lowest BCUT2D eigenvalue weighted by molar-refractivity contribution is -0.301. The van der Waals surface area contributed by atoms with Crippen LogP contribution in [0.4, 0.5) is 0 Å². The molecule has 0 radical (unpaired) electrons. The maximum atomic E-state index is 10.6. The van der Waals surface area contributed by atoms with Gasteiger partial charge in [-0.15, -0.1) is 10.2 Å². The highest BCUT2D eigenvalue weighted by atomic mass is 32.2. The zero-order chi connectivity index (χ0) is 15.5. The van der Waals surface area contributed by atoms with Gasteiger partial charge in [0.2, 0.25) is 0 Å². The van der Waals surface area contributed by atoms with Gasteiger partial charge in [0.05, 0.1) is 5.97 Å². The minimum absolute atomic E-state index is 0.164.